The minimum atomic E-state index is -0.358. The monoisotopic (exact) mass is 491 g/mol. The summed E-state index contributed by atoms with van der Waals surface area (Å²) < 4.78 is 16.6. The van der Waals surface area contributed by atoms with E-state index in [-0.39, 0.29) is 28.8 Å². The number of aromatic nitrogens is 2. The number of aliphatic hydroxyl groups excluding tert-OH is 1. The van der Waals surface area contributed by atoms with Gasteiger partial charge in [0.25, 0.3) is 0 Å². The van der Waals surface area contributed by atoms with E-state index in [9.17, 15) is 14.8 Å². The molecule has 0 spiro atoms. The van der Waals surface area contributed by atoms with Crippen LogP contribution >= 0.6 is 15.9 Å². The zero-order valence-corrected chi connectivity index (χ0v) is 19.5. The fraction of sp³-hybridized carbons (Fsp3) is 0.308. The average molecular weight is 492 g/mol. The molecule has 1 heterocycles. The Morgan fingerprint density at radius 1 is 1.19 bits per heavy atom. The van der Waals surface area contributed by atoms with Gasteiger partial charge in [-0.3, -0.25) is 0 Å². The van der Waals surface area contributed by atoms with E-state index in [1.165, 1.54) is 12.1 Å². The van der Waals surface area contributed by atoms with Gasteiger partial charge in [0, 0.05) is 26.9 Å². The summed E-state index contributed by atoms with van der Waals surface area (Å²) in [6.07, 6.45) is 2.19. The summed E-state index contributed by atoms with van der Waals surface area (Å²) in [4.78, 5) is 0. The Labute approximate surface area is 195 Å². The lowest BCUT2D eigenvalue weighted by Crippen LogP contribution is -2.45. The molecule has 2 aromatic carbocycles. The Hall–Kier alpha value is -2.91. The van der Waals surface area contributed by atoms with Crippen LogP contribution in [0.4, 0.5) is 4.39 Å². The third-order valence-electron chi connectivity index (χ3n) is 7.26. The molecule has 0 unspecified atom stereocenters. The summed E-state index contributed by atoms with van der Waals surface area (Å²) in [5.74, 6) is 0.0485. The minimum absolute atomic E-state index is 0.0981. The van der Waals surface area contributed by atoms with Crippen molar-refractivity contribution in [3.8, 4) is 23.0 Å². The Bertz CT molecular complexity index is 1270. The van der Waals surface area contributed by atoms with Gasteiger partial charge >= 0.3 is 0 Å². The lowest BCUT2D eigenvalue weighted by Gasteiger charge is -2.47. The van der Waals surface area contributed by atoms with Crippen molar-refractivity contribution in [3.05, 3.63) is 81.4 Å². The fourth-order valence-electron chi connectivity index (χ4n) is 5.71. The summed E-state index contributed by atoms with van der Waals surface area (Å²) in [6.45, 7) is 4.21. The normalized spacial score (nSPS) is 24.6. The predicted octanol–water partition coefficient (Wildman–Crippen LogP) is 6.64. The maximum Gasteiger partial charge on any atom is 0.123 e. The van der Waals surface area contributed by atoms with Gasteiger partial charge in [0.05, 0.1) is 28.7 Å². The highest BCUT2D eigenvalue weighted by atomic mass is 79.9. The number of aliphatic hydroxyl groups is 1. The molecular formula is C26H23BrFN3O. The van der Waals surface area contributed by atoms with Gasteiger partial charge in [-0.2, -0.15) is 10.4 Å². The highest BCUT2D eigenvalue weighted by molar-refractivity contribution is 9.10. The molecule has 3 atom stereocenters. The lowest BCUT2D eigenvalue weighted by atomic mass is 9.56. The van der Waals surface area contributed by atoms with Crippen LogP contribution in [0.25, 0.3) is 16.9 Å². The predicted molar refractivity (Wildman–Crippen MR) is 125 cm³/mol. The lowest BCUT2D eigenvalue weighted by molar-refractivity contribution is 0.134. The van der Waals surface area contributed by atoms with E-state index in [0.29, 0.717) is 12.0 Å². The molecule has 2 aliphatic rings. The Morgan fingerprint density at radius 2 is 1.88 bits per heavy atom. The van der Waals surface area contributed by atoms with E-state index >= 15 is 0 Å². The van der Waals surface area contributed by atoms with Crippen molar-refractivity contribution in [3.63, 3.8) is 0 Å². The topological polar surface area (TPSA) is 61.8 Å². The van der Waals surface area contributed by atoms with E-state index in [1.54, 1.807) is 12.1 Å². The minimum Gasteiger partial charge on any atom is -0.511 e. The number of hydrogen-bond acceptors (Lipinski definition) is 3. The van der Waals surface area contributed by atoms with Crippen LogP contribution in [0, 0.1) is 29.0 Å². The van der Waals surface area contributed by atoms with Crippen molar-refractivity contribution in [2.75, 3.05) is 0 Å². The standard InChI is InChI=1S/C26H23BrFN3O/c1-15-22-12-11-21-23(16-3-7-19(28)8-4-16)30-31(20-9-5-18(27)6-10-20)25(21)26(22,2)13-17(14-29)24(15)32/h3-10,15,22,32H,11-13H2,1-2H3/t15-,22-,26-/m1/s1. The van der Waals surface area contributed by atoms with Gasteiger partial charge in [0.1, 0.15) is 11.6 Å². The Kier molecular flexibility index (Phi) is 4.98. The molecule has 162 valence electrons. The van der Waals surface area contributed by atoms with E-state index in [1.807, 2.05) is 35.9 Å². The van der Waals surface area contributed by atoms with Gasteiger partial charge in [0.2, 0.25) is 0 Å². The maximum atomic E-state index is 13.6. The van der Waals surface area contributed by atoms with E-state index in [0.717, 1.165) is 45.5 Å². The van der Waals surface area contributed by atoms with Gasteiger partial charge in [0.15, 0.2) is 0 Å². The first-order valence-corrected chi connectivity index (χ1v) is 11.6. The number of halogens is 2. The largest absolute Gasteiger partial charge is 0.511 e. The second-order valence-corrected chi connectivity index (χ2v) is 9.99. The molecule has 4 nitrogen and oxygen atoms in total. The molecular weight excluding hydrogens is 469 g/mol. The Balaban J connectivity index is 1.78. The number of nitriles is 1. The van der Waals surface area contributed by atoms with E-state index in [4.69, 9.17) is 5.10 Å². The summed E-state index contributed by atoms with van der Waals surface area (Å²) in [5.41, 5.74) is 4.99. The second kappa shape index (κ2) is 7.60. The first-order chi connectivity index (χ1) is 15.3. The number of nitrogens with zero attached hydrogens (tertiary/aromatic N) is 3. The van der Waals surface area contributed by atoms with Crippen molar-refractivity contribution in [2.45, 2.75) is 38.5 Å². The molecule has 1 aromatic heterocycles. The van der Waals surface area contributed by atoms with Crippen molar-refractivity contribution in [2.24, 2.45) is 11.8 Å². The van der Waals surface area contributed by atoms with Crippen LogP contribution in [-0.4, -0.2) is 14.9 Å². The smallest absolute Gasteiger partial charge is 0.123 e. The zero-order chi connectivity index (χ0) is 22.6. The van der Waals surface area contributed by atoms with Gasteiger partial charge in [-0.05, 0) is 73.7 Å². The SMILES string of the molecule is C[C@H]1C(O)=C(C#N)C[C@@]2(C)c3c(c(-c4ccc(F)cc4)nn3-c3ccc(Br)cc3)CC[C@H]12. The van der Waals surface area contributed by atoms with E-state index in [2.05, 4.69) is 28.9 Å². The summed E-state index contributed by atoms with van der Waals surface area (Å²) in [6, 6.07) is 16.7. The molecule has 2 aliphatic carbocycles. The Morgan fingerprint density at radius 3 is 2.53 bits per heavy atom. The van der Waals surface area contributed by atoms with Crippen molar-refractivity contribution >= 4 is 15.9 Å². The van der Waals surface area contributed by atoms with Crippen LogP contribution in [0.5, 0.6) is 0 Å². The van der Waals surface area contributed by atoms with Gasteiger partial charge < -0.3 is 5.11 Å². The molecule has 0 saturated heterocycles. The molecule has 0 amide bonds. The summed E-state index contributed by atoms with van der Waals surface area (Å²) >= 11 is 3.50. The highest BCUT2D eigenvalue weighted by Crippen LogP contribution is 2.55. The number of hydrogen-bond donors (Lipinski definition) is 1. The average Bonchev–Trinajstić information content (AvgIpc) is 3.18. The molecule has 6 heteroatoms. The van der Waals surface area contributed by atoms with Crippen LogP contribution in [-0.2, 0) is 11.8 Å². The highest BCUT2D eigenvalue weighted by Gasteiger charge is 2.51. The first-order valence-electron chi connectivity index (χ1n) is 10.8. The van der Waals surface area contributed by atoms with Crippen LogP contribution < -0.4 is 0 Å². The van der Waals surface area contributed by atoms with Crippen molar-refractivity contribution in [1.29, 1.82) is 5.26 Å². The van der Waals surface area contributed by atoms with Crippen LogP contribution in [0.2, 0.25) is 0 Å². The molecule has 32 heavy (non-hydrogen) atoms. The van der Waals surface area contributed by atoms with Gasteiger partial charge in [-0.25, -0.2) is 9.07 Å². The molecule has 0 bridgehead atoms. The van der Waals surface area contributed by atoms with E-state index < -0.39 is 0 Å². The number of benzene rings is 2. The van der Waals surface area contributed by atoms with Crippen molar-refractivity contribution in [1.82, 2.24) is 9.78 Å². The summed E-state index contributed by atoms with van der Waals surface area (Å²) in [5, 5.41) is 25.4. The number of fused-ring (bicyclic) bond motifs is 3. The molecule has 0 fully saturated rings. The van der Waals surface area contributed by atoms with Crippen LogP contribution in [0.15, 0.2) is 64.3 Å². The fourth-order valence-corrected chi connectivity index (χ4v) is 5.98. The quantitative estimate of drug-likeness (QED) is 0.437. The first kappa shape index (κ1) is 21.0. The van der Waals surface area contributed by atoms with Crippen LogP contribution in [0.3, 0.4) is 0 Å². The third kappa shape index (κ3) is 3.10. The second-order valence-electron chi connectivity index (χ2n) is 9.07. The molecule has 1 N–H and O–H groups in total. The molecule has 0 aliphatic heterocycles. The zero-order valence-electron chi connectivity index (χ0n) is 17.9. The van der Waals surface area contributed by atoms with Gasteiger partial charge in [-0.1, -0.05) is 29.8 Å². The van der Waals surface area contributed by atoms with Crippen molar-refractivity contribution < 1.29 is 9.50 Å². The molecule has 0 radical (unpaired) electrons. The molecule has 5 rings (SSSR count). The summed E-state index contributed by atoms with van der Waals surface area (Å²) in [7, 11) is 0. The van der Waals surface area contributed by atoms with Crippen LogP contribution in [0.1, 0.15) is 37.9 Å². The molecule has 3 aromatic rings. The maximum absolute atomic E-state index is 13.6. The van der Waals surface area contributed by atoms with Gasteiger partial charge in [-0.15, -0.1) is 0 Å². The molecule has 0 saturated carbocycles. The third-order valence-corrected chi connectivity index (χ3v) is 7.79. The number of allylic oxidation sites excluding steroid dienone is 2. The number of rotatable bonds is 2.